The number of rotatable bonds is 3. The van der Waals surface area contributed by atoms with Gasteiger partial charge in [-0.3, -0.25) is 0 Å². The number of benzene rings is 1. The van der Waals surface area contributed by atoms with Crippen LogP contribution in [0.25, 0.3) is 11.0 Å². The van der Waals surface area contributed by atoms with E-state index >= 15 is 0 Å². The monoisotopic (exact) mass is 271 g/mol. The molecule has 104 valence electrons. The third kappa shape index (κ3) is 2.89. The average molecular weight is 271 g/mol. The lowest BCUT2D eigenvalue weighted by atomic mass is 10.2. The number of nitrogens with zero attached hydrogens (tertiary/aromatic N) is 2. The van der Waals surface area contributed by atoms with Crippen LogP contribution in [-0.2, 0) is 19.6 Å². The molecule has 0 amide bonds. The van der Waals surface area contributed by atoms with Gasteiger partial charge in [-0.05, 0) is 31.5 Å². The fraction of sp³-hybridized carbons (Fsp3) is 0.462. The highest BCUT2D eigenvalue weighted by atomic mass is 19.4. The molecule has 6 heteroatoms. The highest BCUT2D eigenvalue weighted by Gasteiger charge is 2.30. The molecule has 3 nitrogen and oxygen atoms in total. The van der Waals surface area contributed by atoms with Gasteiger partial charge in [0.05, 0.1) is 16.6 Å². The molecule has 0 saturated heterocycles. The van der Waals surface area contributed by atoms with E-state index < -0.39 is 11.7 Å². The van der Waals surface area contributed by atoms with Crippen LogP contribution in [0.5, 0.6) is 0 Å². The molecule has 1 heterocycles. The molecule has 0 saturated carbocycles. The Balaban J connectivity index is 2.39. The number of fused-ring (bicyclic) bond motifs is 1. The van der Waals surface area contributed by atoms with Gasteiger partial charge >= 0.3 is 6.18 Å². The first-order valence-corrected chi connectivity index (χ1v) is 6.07. The molecular weight excluding hydrogens is 255 g/mol. The third-order valence-electron chi connectivity index (χ3n) is 3.12. The van der Waals surface area contributed by atoms with Crippen LogP contribution in [0.15, 0.2) is 18.2 Å². The lowest BCUT2D eigenvalue weighted by Crippen LogP contribution is -2.16. The number of aromatic nitrogens is 2. The minimum absolute atomic E-state index is 0.0468. The maximum Gasteiger partial charge on any atom is 0.416 e. The summed E-state index contributed by atoms with van der Waals surface area (Å²) in [6, 6.07) is 3.68. The van der Waals surface area contributed by atoms with E-state index in [1.807, 2.05) is 11.5 Å². The Hall–Kier alpha value is -1.56. The van der Waals surface area contributed by atoms with Gasteiger partial charge in [-0.1, -0.05) is 0 Å². The van der Waals surface area contributed by atoms with Crippen molar-refractivity contribution in [3.63, 3.8) is 0 Å². The summed E-state index contributed by atoms with van der Waals surface area (Å²) in [7, 11) is 1.80. The van der Waals surface area contributed by atoms with Crippen molar-refractivity contribution < 1.29 is 13.2 Å². The van der Waals surface area contributed by atoms with Crippen LogP contribution < -0.4 is 5.73 Å². The van der Waals surface area contributed by atoms with Crippen molar-refractivity contribution >= 4 is 11.0 Å². The molecule has 0 radical (unpaired) electrons. The molecule has 0 aliphatic carbocycles. The number of alkyl halides is 3. The van der Waals surface area contributed by atoms with Crippen LogP contribution in [0.3, 0.4) is 0 Å². The van der Waals surface area contributed by atoms with Crippen LogP contribution in [0, 0.1) is 0 Å². The quantitative estimate of drug-likeness (QED) is 0.932. The Bertz CT molecular complexity index is 585. The summed E-state index contributed by atoms with van der Waals surface area (Å²) in [6.45, 7) is 1.89. The zero-order chi connectivity index (χ0) is 14.2. The summed E-state index contributed by atoms with van der Waals surface area (Å²) < 4.78 is 39.7. The van der Waals surface area contributed by atoms with Crippen molar-refractivity contribution in [1.29, 1.82) is 0 Å². The van der Waals surface area contributed by atoms with Crippen molar-refractivity contribution in [2.45, 2.75) is 32.0 Å². The SMILES string of the molecule is CC(N)CCc1nc2cc(C(F)(F)F)ccc2n1C. The van der Waals surface area contributed by atoms with Crippen molar-refractivity contribution in [3.05, 3.63) is 29.6 Å². The van der Waals surface area contributed by atoms with Gasteiger partial charge in [0.2, 0.25) is 0 Å². The van der Waals surface area contributed by atoms with Gasteiger partial charge in [0.15, 0.2) is 0 Å². The summed E-state index contributed by atoms with van der Waals surface area (Å²) in [6.07, 6.45) is -2.93. The molecule has 0 fully saturated rings. The van der Waals surface area contributed by atoms with E-state index in [2.05, 4.69) is 4.98 Å². The zero-order valence-corrected chi connectivity index (χ0v) is 10.8. The van der Waals surface area contributed by atoms with Gasteiger partial charge in [-0.2, -0.15) is 13.2 Å². The van der Waals surface area contributed by atoms with Gasteiger partial charge in [0.25, 0.3) is 0 Å². The minimum Gasteiger partial charge on any atom is -0.331 e. The Labute approximate surface area is 109 Å². The van der Waals surface area contributed by atoms with Crippen molar-refractivity contribution in [3.8, 4) is 0 Å². The van der Waals surface area contributed by atoms with Crippen molar-refractivity contribution in [2.75, 3.05) is 0 Å². The van der Waals surface area contributed by atoms with E-state index in [-0.39, 0.29) is 6.04 Å². The van der Waals surface area contributed by atoms with Gasteiger partial charge in [0, 0.05) is 19.5 Å². The summed E-state index contributed by atoms with van der Waals surface area (Å²) in [5.74, 6) is 0.756. The summed E-state index contributed by atoms with van der Waals surface area (Å²) >= 11 is 0. The second kappa shape index (κ2) is 4.85. The second-order valence-corrected chi connectivity index (χ2v) is 4.80. The molecule has 0 aliphatic rings. The summed E-state index contributed by atoms with van der Waals surface area (Å²) in [5.41, 5.74) is 6.08. The third-order valence-corrected chi connectivity index (χ3v) is 3.12. The van der Waals surface area contributed by atoms with Crippen LogP contribution in [0.4, 0.5) is 13.2 Å². The van der Waals surface area contributed by atoms with Gasteiger partial charge in [-0.25, -0.2) is 4.98 Å². The molecule has 1 aromatic heterocycles. The normalized spacial score (nSPS) is 14.0. The predicted molar refractivity (Wildman–Crippen MR) is 67.7 cm³/mol. The Morgan fingerprint density at radius 2 is 2.05 bits per heavy atom. The highest BCUT2D eigenvalue weighted by molar-refractivity contribution is 5.77. The first-order chi connectivity index (χ1) is 8.79. The first kappa shape index (κ1) is 13.9. The number of imidazole rings is 1. The summed E-state index contributed by atoms with van der Waals surface area (Å²) in [4.78, 5) is 4.27. The molecule has 2 aromatic rings. The molecular formula is C13H16F3N3. The van der Waals surface area contributed by atoms with Gasteiger partial charge in [-0.15, -0.1) is 0 Å². The van der Waals surface area contributed by atoms with Crippen LogP contribution in [0.1, 0.15) is 24.7 Å². The number of aryl methyl sites for hydroxylation is 2. The highest BCUT2D eigenvalue weighted by Crippen LogP contribution is 2.31. The zero-order valence-electron chi connectivity index (χ0n) is 10.8. The fourth-order valence-corrected chi connectivity index (χ4v) is 2.01. The van der Waals surface area contributed by atoms with Crippen LogP contribution >= 0.6 is 0 Å². The van der Waals surface area contributed by atoms with Crippen LogP contribution in [-0.4, -0.2) is 15.6 Å². The second-order valence-electron chi connectivity index (χ2n) is 4.80. The molecule has 19 heavy (non-hydrogen) atoms. The van der Waals surface area contributed by atoms with E-state index in [9.17, 15) is 13.2 Å². The maximum absolute atomic E-state index is 12.6. The Morgan fingerprint density at radius 1 is 1.37 bits per heavy atom. The molecule has 0 bridgehead atoms. The summed E-state index contributed by atoms with van der Waals surface area (Å²) in [5, 5.41) is 0. The van der Waals surface area contributed by atoms with Crippen LogP contribution in [0.2, 0.25) is 0 Å². The average Bonchev–Trinajstić information content (AvgIpc) is 2.62. The molecule has 2 rings (SSSR count). The molecule has 1 unspecified atom stereocenters. The number of hydrogen-bond acceptors (Lipinski definition) is 2. The van der Waals surface area contributed by atoms with E-state index in [0.717, 1.165) is 24.4 Å². The van der Waals surface area contributed by atoms with Gasteiger partial charge in [0.1, 0.15) is 5.82 Å². The molecule has 0 aliphatic heterocycles. The molecule has 0 spiro atoms. The van der Waals surface area contributed by atoms with E-state index in [0.29, 0.717) is 17.5 Å². The Morgan fingerprint density at radius 3 is 2.63 bits per heavy atom. The lowest BCUT2D eigenvalue weighted by Gasteiger charge is -2.06. The largest absolute Gasteiger partial charge is 0.416 e. The van der Waals surface area contributed by atoms with E-state index in [1.54, 1.807) is 7.05 Å². The molecule has 1 atom stereocenters. The molecule has 2 N–H and O–H groups in total. The number of hydrogen-bond donors (Lipinski definition) is 1. The smallest absolute Gasteiger partial charge is 0.331 e. The van der Waals surface area contributed by atoms with Crippen molar-refractivity contribution in [2.24, 2.45) is 12.8 Å². The maximum atomic E-state index is 12.6. The first-order valence-electron chi connectivity index (χ1n) is 6.07. The fourth-order valence-electron chi connectivity index (χ4n) is 2.01. The van der Waals surface area contributed by atoms with Crippen molar-refractivity contribution in [1.82, 2.24) is 9.55 Å². The van der Waals surface area contributed by atoms with E-state index in [4.69, 9.17) is 5.73 Å². The number of halogens is 3. The number of nitrogens with two attached hydrogens (primary N) is 1. The topological polar surface area (TPSA) is 43.8 Å². The minimum atomic E-state index is -4.34. The molecule has 1 aromatic carbocycles. The van der Waals surface area contributed by atoms with E-state index in [1.165, 1.54) is 6.07 Å². The lowest BCUT2D eigenvalue weighted by molar-refractivity contribution is -0.137. The standard InChI is InChI=1S/C13H16F3N3/c1-8(17)3-6-12-18-10-7-9(13(14,15)16)4-5-11(10)19(12)2/h4-5,7-8H,3,6,17H2,1-2H3. The van der Waals surface area contributed by atoms with Gasteiger partial charge < -0.3 is 10.3 Å². The Kier molecular flexibility index (Phi) is 3.54. The predicted octanol–water partition coefficient (Wildman–Crippen LogP) is 2.87.